The van der Waals surface area contributed by atoms with Crippen LogP contribution in [0.2, 0.25) is 0 Å². The van der Waals surface area contributed by atoms with Crippen molar-refractivity contribution in [3.8, 4) is 12.3 Å². The molecule has 0 fully saturated rings. The molecule has 0 amide bonds. The van der Waals surface area contributed by atoms with Crippen LogP contribution in [0.1, 0.15) is 5.56 Å². The number of rotatable bonds is 1. The maximum Gasteiger partial charge on any atom is 0.297 e. The van der Waals surface area contributed by atoms with E-state index in [0.29, 0.717) is 17.1 Å². The van der Waals surface area contributed by atoms with Gasteiger partial charge < -0.3 is 9.32 Å². The van der Waals surface area contributed by atoms with E-state index >= 15 is 0 Å². The predicted molar refractivity (Wildman–Crippen MR) is 56.2 cm³/mol. The summed E-state index contributed by atoms with van der Waals surface area (Å²) >= 11 is 0. The molecular formula is C11H9FN2O. The molecule has 1 heterocycles. The fourth-order valence-electron chi connectivity index (χ4n) is 1.29. The minimum Gasteiger partial charge on any atom is -0.423 e. The minimum atomic E-state index is -0.455. The topological polar surface area (TPSA) is 29.3 Å². The van der Waals surface area contributed by atoms with Crippen LogP contribution in [-0.2, 0) is 0 Å². The van der Waals surface area contributed by atoms with Crippen LogP contribution in [0.5, 0.6) is 0 Å². The first-order valence-electron chi connectivity index (χ1n) is 4.36. The second-order valence-electron chi connectivity index (χ2n) is 3.30. The first-order valence-corrected chi connectivity index (χ1v) is 4.36. The van der Waals surface area contributed by atoms with Crippen LogP contribution in [0.4, 0.5) is 10.4 Å². The molecule has 0 N–H and O–H groups in total. The highest BCUT2D eigenvalue weighted by Gasteiger charge is 2.13. The van der Waals surface area contributed by atoms with Gasteiger partial charge in [-0.05, 0) is 12.1 Å². The summed E-state index contributed by atoms with van der Waals surface area (Å²) in [6, 6.07) is 3.21. The molecule has 1 aromatic carbocycles. The highest BCUT2D eigenvalue weighted by atomic mass is 19.1. The van der Waals surface area contributed by atoms with Crippen LogP contribution in [0.15, 0.2) is 16.5 Å². The lowest BCUT2D eigenvalue weighted by atomic mass is 10.2. The standard InChI is InChI=1S/C11H9FN2O/c1-4-7-8(12)5-6-9-10(7)13-11(15-9)14(2)3/h1,5-6H,2-3H3. The monoisotopic (exact) mass is 204 g/mol. The number of benzene rings is 1. The molecule has 0 spiro atoms. The first kappa shape index (κ1) is 9.53. The van der Waals surface area contributed by atoms with Crippen molar-refractivity contribution in [3.63, 3.8) is 0 Å². The average molecular weight is 204 g/mol. The van der Waals surface area contributed by atoms with Gasteiger partial charge in [0.05, 0.1) is 5.56 Å². The zero-order valence-corrected chi connectivity index (χ0v) is 8.41. The summed E-state index contributed by atoms with van der Waals surface area (Å²) in [5.74, 6) is 1.82. The molecule has 2 aromatic rings. The number of oxazole rings is 1. The smallest absolute Gasteiger partial charge is 0.297 e. The summed E-state index contributed by atoms with van der Waals surface area (Å²) in [6.45, 7) is 0. The van der Waals surface area contributed by atoms with E-state index in [4.69, 9.17) is 10.8 Å². The van der Waals surface area contributed by atoms with Gasteiger partial charge in [-0.15, -0.1) is 6.42 Å². The van der Waals surface area contributed by atoms with Crippen molar-refractivity contribution in [1.29, 1.82) is 0 Å². The number of hydrogen-bond acceptors (Lipinski definition) is 3. The molecule has 2 rings (SSSR count). The number of halogens is 1. The molecule has 0 aliphatic heterocycles. The summed E-state index contributed by atoms with van der Waals surface area (Å²) in [6.07, 6.45) is 5.22. The molecule has 0 saturated carbocycles. The zero-order chi connectivity index (χ0) is 11.0. The van der Waals surface area contributed by atoms with Gasteiger partial charge in [0.25, 0.3) is 6.01 Å². The fourth-order valence-corrected chi connectivity index (χ4v) is 1.29. The highest BCUT2D eigenvalue weighted by Crippen LogP contribution is 2.24. The zero-order valence-electron chi connectivity index (χ0n) is 8.41. The maximum atomic E-state index is 13.3. The van der Waals surface area contributed by atoms with E-state index in [0.717, 1.165) is 0 Å². The Kier molecular flexibility index (Phi) is 2.09. The predicted octanol–water partition coefficient (Wildman–Crippen LogP) is 2.01. The van der Waals surface area contributed by atoms with Crippen molar-refractivity contribution in [1.82, 2.24) is 4.98 Å². The van der Waals surface area contributed by atoms with Gasteiger partial charge in [0.15, 0.2) is 5.58 Å². The number of nitrogens with zero attached hydrogens (tertiary/aromatic N) is 2. The van der Waals surface area contributed by atoms with Crippen LogP contribution >= 0.6 is 0 Å². The lowest BCUT2D eigenvalue weighted by molar-refractivity contribution is 0.594. The first-order chi connectivity index (χ1) is 7.13. The molecule has 0 radical (unpaired) electrons. The Balaban J connectivity index is 2.77. The second kappa shape index (κ2) is 3.28. The van der Waals surface area contributed by atoms with E-state index in [2.05, 4.69) is 10.9 Å². The van der Waals surface area contributed by atoms with Gasteiger partial charge in [0.2, 0.25) is 0 Å². The normalized spacial score (nSPS) is 10.3. The van der Waals surface area contributed by atoms with Crippen molar-refractivity contribution >= 4 is 17.1 Å². The number of fused-ring (bicyclic) bond motifs is 1. The summed E-state index contributed by atoms with van der Waals surface area (Å²) in [4.78, 5) is 5.81. The molecule has 0 atom stereocenters. The molecule has 0 unspecified atom stereocenters. The third-order valence-electron chi connectivity index (χ3n) is 2.03. The summed E-state index contributed by atoms with van der Waals surface area (Å²) in [7, 11) is 3.58. The summed E-state index contributed by atoms with van der Waals surface area (Å²) in [5, 5.41) is 0. The van der Waals surface area contributed by atoms with Crippen molar-refractivity contribution in [2.75, 3.05) is 19.0 Å². The molecule has 76 valence electrons. The van der Waals surface area contributed by atoms with Crippen LogP contribution in [-0.4, -0.2) is 19.1 Å². The molecule has 0 saturated heterocycles. The molecule has 0 bridgehead atoms. The van der Waals surface area contributed by atoms with Crippen molar-refractivity contribution in [2.24, 2.45) is 0 Å². The van der Waals surface area contributed by atoms with Crippen LogP contribution in [0.3, 0.4) is 0 Å². The molecule has 0 aliphatic carbocycles. The Morgan fingerprint density at radius 1 is 1.47 bits per heavy atom. The Hall–Kier alpha value is -2.02. The molecule has 4 heteroatoms. The third-order valence-corrected chi connectivity index (χ3v) is 2.03. The molecule has 3 nitrogen and oxygen atoms in total. The van der Waals surface area contributed by atoms with Gasteiger partial charge in [0, 0.05) is 14.1 Å². The van der Waals surface area contributed by atoms with Crippen molar-refractivity contribution in [3.05, 3.63) is 23.5 Å². The van der Waals surface area contributed by atoms with E-state index in [1.54, 1.807) is 19.0 Å². The third kappa shape index (κ3) is 1.42. The van der Waals surface area contributed by atoms with Crippen LogP contribution in [0.25, 0.3) is 11.1 Å². The lowest BCUT2D eigenvalue weighted by Gasteiger charge is -2.03. The van der Waals surface area contributed by atoms with E-state index in [9.17, 15) is 4.39 Å². The highest BCUT2D eigenvalue weighted by molar-refractivity contribution is 5.81. The average Bonchev–Trinajstić information content (AvgIpc) is 2.61. The quantitative estimate of drug-likeness (QED) is 0.665. The number of hydrogen-bond donors (Lipinski definition) is 0. The van der Waals surface area contributed by atoms with E-state index in [1.165, 1.54) is 12.1 Å². The van der Waals surface area contributed by atoms with Crippen LogP contribution in [0, 0.1) is 18.2 Å². The molecule has 0 aliphatic rings. The SMILES string of the molecule is C#Cc1c(F)ccc2oc(N(C)C)nc12. The van der Waals surface area contributed by atoms with Gasteiger partial charge in [-0.3, -0.25) is 0 Å². The van der Waals surface area contributed by atoms with E-state index in [1.807, 2.05) is 0 Å². The fraction of sp³-hybridized carbons (Fsp3) is 0.182. The number of terminal acetylenes is 1. The summed E-state index contributed by atoms with van der Waals surface area (Å²) in [5.41, 5.74) is 1.03. The second-order valence-corrected chi connectivity index (χ2v) is 3.30. The Bertz CT molecular complexity index is 551. The van der Waals surface area contributed by atoms with Gasteiger partial charge in [-0.25, -0.2) is 4.39 Å². The van der Waals surface area contributed by atoms with Gasteiger partial charge in [-0.1, -0.05) is 5.92 Å². The van der Waals surface area contributed by atoms with Crippen molar-refractivity contribution < 1.29 is 8.81 Å². The Labute approximate surface area is 86.5 Å². The number of anilines is 1. The molecular weight excluding hydrogens is 195 g/mol. The molecule has 15 heavy (non-hydrogen) atoms. The van der Waals surface area contributed by atoms with Crippen LogP contribution < -0.4 is 4.90 Å². The van der Waals surface area contributed by atoms with Gasteiger partial charge in [-0.2, -0.15) is 4.98 Å². The maximum absolute atomic E-state index is 13.3. The molecule has 1 aromatic heterocycles. The summed E-state index contributed by atoms with van der Waals surface area (Å²) < 4.78 is 18.7. The van der Waals surface area contributed by atoms with E-state index in [-0.39, 0.29) is 5.56 Å². The van der Waals surface area contributed by atoms with E-state index < -0.39 is 5.82 Å². The van der Waals surface area contributed by atoms with Crippen molar-refractivity contribution in [2.45, 2.75) is 0 Å². The minimum absolute atomic E-state index is 0.143. The van der Waals surface area contributed by atoms with Gasteiger partial charge >= 0.3 is 0 Å². The Morgan fingerprint density at radius 2 is 2.20 bits per heavy atom. The Morgan fingerprint density at radius 3 is 2.80 bits per heavy atom. The lowest BCUT2D eigenvalue weighted by Crippen LogP contribution is -2.08. The largest absolute Gasteiger partial charge is 0.423 e. The van der Waals surface area contributed by atoms with Gasteiger partial charge in [0.1, 0.15) is 11.3 Å². The number of aromatic nitrogens is 1.